The molecule has 55 heavy (non-hydrogen) atoms. The molecule has 0 amide bonds. The summed E-state index contributed by atoms with van der Waals surface area (Å²) in [6, 6.07) is 57.1. The maximum Gasteiger partial charge on any atom is 0.0540 e. The number of fused-ring (bicyclic) bond motifs is 7. The summed E-state index contributed by atoms with van der Waals surface area (Å²) >= 11 is 0. The van der Waals surface area contributed by atoms with Gasteiger partial charge >= 0.3 is 0 Å². The van der Waals surface area contributed by atoms with Crippen molar-refractivity contribution in [1.29, 1.82) is 0 Å². The number of anilines is 3. The molecular formula is C54H49N. The molecule has 0 heterocycles. The fraction of sp³-hybridized carbons (Fsp3) is 0.185. The quantitative estimate of drug-likeness (QED) is 0.176. The molecule has 0 aliphatic carbocycles. The molecule has 0 aliphatic heterocycles. The Balaban J connectivity index is 0.00000195. The molecule has 0 saturated heterocycles. The Kier molecular flexibility index (Phi) is 8.13. The fourth-order valence-corrected chi connectivity index (χ4v) is 9.06. The maximum absolute atomic E-state index is 2.46. The zero-order valence-electron chi connectivity index (χ0n) is 33.4. The van der Waals surface area contributed by atoms with Gasteiger partial charge in [0.05, 0.1) is 5.69 Å². The Hall–Kier alpha value is -5.92. The van der Waals surface area contributed by atoms with Crippen LogP contribution in [-0.4, -0.2) is 0 Å². The second kappa shape index (κ2) is 12.8. The zero-order valence-corrected chi connectivity index (χ0v) is 33.4. The van der Waals surface area contributed by atoms with E-state index >= 15 is 0 Å². The van der Waals surface area contributed by atoms with Gasteiger partial charge in [0, 0.05) is 16.8 Å². The second-order valence-electron chi connectivity index (χ2n) is 16.9. The third-order valence-electron chi connectivity index (χ3n) is 11.7. The summed E-state index contributed by atoms with van der Waals surface area (Å²) < 4.78 is 0. The predicted molar refractivity (Wildman–Crippen MR) is 243 cm³/mol. The maximum atomic E-state index is 2.46. The molecule has 270 valence electrons. The molecule has 10 aromatic rings. The number of rotatable bonds is 4. The summed E-state index contributed by atoms with van der Waals surface area (Å²) in [7, 11) is 0. The van der Waals surface area contributed by atoms with Gasteiger partial charge in [-0.1, -0.05) is 177 Å². The van der Waals surface area contributed by atoms with E-state index in [1.807, 2.05) is 13.8 Å². The van der Waals surface area contributed by atoms with Crippen molar-refractivity contribution in [2.75, 3.05) is 4.90 Å². The van der Waals surface area contributed by atoms with Gasteiger partial charge in [0.25, 0.3) is 0 Å². The van der Waals surface area contributed by atoms with Gasteiger partial charge in [-0.2, -0.15) is 0 Å². The number of nitrogens with zero attached hydrogens (tertiary/aromatic N) is 1. The van der Waals surface area contributed by atoms with E-state index in [1.54, 1.807) is 0 Å². The van der Waals surface area contributed by atoms with E-state index in [-0.39, 0.29) is 10.8 Å². The minimum atomic E-state index is 0.0748. The van der Waals surface area contributed by atoms with Crippen molar-refractivity contribution in [3.05, 3.63) is 163 Å². The molecule has 0 atom stereocenters. The lowest BCUT2D eigenvalue weighted by molar-refractivity contribution is 0.590. The second-order valence-corrected chi connectivity index (χ2v) is 16.9. The van der Waals surface area contributed by atoms with Crippen LogP contribution in [0.15, 0.2) is 152 Å². The minimum absolute atomic E-state index is 0.0748. The summed E-state index contributed by atoms with van der Waals surface area (Å²) in [6.45, 7) is 17.7. The standard InChI is InChI=1S/C52H43N.C2H6/c1-51(2,3)33-22-26-35(27-23-33)53(36-28-24-34(25-29-36)52(4,5)6)44-31-30-43-46-40(44)19-13-21-42(46)50-48-39-17-11-10-16-37(39)38-18-12-20-41(47(38)48)45(49(43)50)32-14-8-7-9-15-32;1-2/h7-31H,1-6H3;1-2H3. The van der Waals surface area contributed by atoms with Crippen LogP contribution in [0.1, 0.15) is 66.5 Å². The van der Waals surface area contributed by atoms with Gasteiger partial charge in [-0.3, -0.25) is 0 Å². The van der Waals surface area contributed by atoms with Crippen molar-refractivity contribution >= 4 is 81.7 Å². The lowest BCUT2D eigenvalue weighted by Gasteiger charge is -2.29. The van der Waals surface area contributed by atoms with Gasteiger partial charge in [0.2, 0.25) is 0 Å². The van der Waals surface area contributed by atoms with Crippen LogP contribution in [0.25, 0.3) is 75.8 Å². The minimum Gasteiger partial charge on any atom is -0.310 e. The molecule has 0 radical (unpaired) electrons. The number of hydrogen-bond donors (Lipinski definition) is 0. The normalized spacial score (nSPS) is 12.4. The molecule has 0 unspecified atom stereocenters. The van der Waals surface area contributed by atoms with Crippen LogP contribution >= 0.6 is 0 Å². The zero-order chi connectivity index (χ0) is 38.2. The van der Waals surface area contributed by atoms with Gasteiger partial charge < -0.3 is 4.90 Å². The van der Waals surface area contributed by atoms with Crippen molar-refractivity contribution in [3.63, 3.8) is 0 Å². The molecule has 0 bridgehead atoms. The molecule has 0 saturated carbocycles. The molecule has 0 aromatic heterocycles. The molecular weight excluding hydrogens is 663 g/mol. The summed E-state index contributed by atoms with van der Waals surface area (Å²) in [5, 5.41) is 16.0. The molecule has 10 aromatic carbocycles. The molecule has 0 fully saturated rings. The molecule has 0 N–H and O–H groups in total. The monoisotopic (exact) mass is 711 g/mol. The van der Waals surface area contributed by atoms with Crippen LogP contribution in [0, 0.1) is 0 Å². The molecule has 0 aliphatic rings. The van der Waals surface area contributed by atoms with Crippen molar-refractivity contribution < 1.29 is 0 Å². The Morgan fingerprint density at radius 2 is 0.782 bits per heavy atom. The van der Waals surface area contributed by atoms with Crippen molar-refractivity contribution in [2.24, 2.45) is 0 Å². The van der Waals surface area contributed by atoms with E-state index in [9.17, 15) is 0 Å². The highest BCUT2D eigenvalue weighted by molar-refractivity contribution is 6.48. The van der Waals surface area contributed by atoms with Crippen LogP contribution in [0.4, 0.5) is 17.1 Å². The highest BCUT2D eigenvalue weighted by Crippen LogP contribution is 2.54. The Morgan fingerprint density at radius 1 is 0.327 bits per heavy atom. The highest BCUT2D eigenvalue weighted by Gasteiger charge is 2.27. The number of hydrogen-bond acceptors (Lipinski definition) is 1. The first-order valence-electron chi connectivity index (χ1n) is 20.0. The van der Waals surface area contributed by atoms with Crippen molar-refractivity contribution in [3.8, 4) is 11.1 Å². The van der Waals surface area contributed by atoms with Crippen LogP contribution in [-0.2, 0) is 10.8 Å². The van der Waals surface area contributed by atoms with Crippen LogP contribution in [0.3, 0.4) is 0 Å². The average Bonchev–Trinajstić information content (AvgIpc) is 3.71. The van der Waals surface area contributed by atoms with Gasteiger partial charge in [-0.15, -0.1) is 0 Å². The van der Waals surface area contributed by atoms with Gasteiger partial charge in [-0.25, -0.2) is 0 Å². The summed E-state index contributed by atoms with van der Waals surface area (Å²) in [5.74, 6) is 0. The van der Waals surface area contributed by atoms with E-state index in [0.29, 0.717) is 0 Å². The van der Waals surface area contributed by atoms with E-state index in [1.165, 1.54) is 92.6 Å². The highest BCUT2D eigenvalue weighted by atomic mass is 15.1. The van der Waals surface area contributed by atoms with Crippen LogP contribution in [0.2, 0.25) is 0 Å². The van der Waals surface area contributed by atoms with E-state index in [0.717, 1.165) is 11.4 Å². The van der Waals surface area contributed by atoms with Crippen LogP contribution < -0.4 is 4.90 Å². The first-order chi connectivity index (χ1) is 26.6. The van der Waals surface area contributed by atoms with Gasteiger partial charge in [-0.05, 0) is 123 Å². The first-order valence-corrected chi connectivity index (χ1v) is 20.0. The third kappa shape index (κ3) is 5.35. The summed E-state index contributed by atoms with van der Waals surface area (Å²) in [4.78, 5) is 2.46. The van der Waals surface area contributed by atoms with Gasteiger partial charge in [0.15, 0.2) is 0 Å². The van der Waals surface area contributed by atoms with Gasteiger partial charge in [0.1, 0.15) is 0 Å². The van der Waals surface area contributed by atoms with Crippen molar-refractivity contribution in [2.45, 2.75) is 66.2 Å². The Morgan fingerprint density at radius 3 is 1.38 bits per heavy atom. The molecule has 10 rings (SSSR count). The van der Waals surface area contributed by atoms with E-state index in [2.05, 4.69) is 198 Å². The van der Waals surface area contributed by atoms with Crippen molar-refractivity contribution in [1.82, 2.24) is 0 Å². The topological polar surface area (TPSA) is 3.24 Å². The average molecular weight is 712 g/mol. The number of benzene rings is 8. The lowest BCUT2D eigenvalue weighted by Crippen LogP contribution is -2.14. The molecule has 0 spiro atoms. The third-order valence-corrected chi connectivity index (χ3v) is 11.7. The largest absolute Gasteiger partial charge is 0.310 e. The molecule has 1 heteroatoms. The molecule has 1 nitrogen and oxygen atoms in total. The SMILES string of the molecule is CC.CC(C)(C)c1ccc(N(c2ccc(C(C)(C)C)cc2)c2ccc3c4c(-c5ccccc5)c5cccc6c7ccccc7c(c56)c4c4cccc2c34)cc1. The predicted octanol–water partition coefficient (Wildman–Crippen LogP) is 16.2. The summed E-state index contributed by atoms with van der Waals surface area (Å²) in [5.41, 5.74) is 8.90. The Bertz CT molecular complexity index is 2920. The summed E-state index contributed by atoms with van der Waals surface area (Å²) in [6.07, 6.45) is 0. The van der Waals surface area contributed by atoms with Crippen LogP contribution in [0.5, 0.6) is 0 Å². The lowest BCUT2D eigenvalue weighted by atomic mass is 9.86. The first kappa shape index (κ1) is 34.8. The fourth-order valence-electron chi connectivity index (χ4n) is 9.06. The van der Waals surface area contributed by atoms with E-state index < -0.39 is 0 Å². The van der Waals surface area contributed by atoms with E-state index in [4.69, 9.17) is 0 Å². The Labute approximate surface area is 325 Å². The smallest absolute Gasteiger partial charge is 0.0540 e.